The second-order valence-corrected chi connectivity index (χ2v) is 7.66. The standard InChI is InChI=1S/C23H26FN3O/c24-20-9-6-18(7-10-20)8-11-23(28)25-21-2-1-3-22(16-21)27-14-12-26(13-15-27)17-19-4-5-19/h1-3,6-11,16,19H,4-5,12-15,17H2,(H,25,28). The van der Waals surface area contributed by atoms with Crippen molar-refractivity contribution in [3.8, 4) is 0 Å². The smallest absolute Gasteiger partial charge is 0.248 e. The third kappa shape index (κ3) is 5.20. The molecule has 5 heteroatoms. The zero-order chi connectivity index (χ0) is 19.3. The van der Waals surface area contributed by atoms with Gasteiger partial charge in [-0.25, -0.2) is 4.39 Å². The molecule has 0 bridgehead atoms. The van der Waals surface area contributed by atoms with E-state index in [9.17, 15) is 9.18 Å². The monoisotopic (exact) mass is 379 g/mol. The molecule has 2 aromatic rings. The highest BCUT2D eigenvalue weighted by Gasteiger charge is 2.26. The van der Waals surface area contributed by atoms with Crippen LogP contribution in [0.15, 0.2) is 54.6 Å². The number of nitrogens with one attached hydrogen (secondary N) is 1. The minimum atomic E-state index is -0.285. The molecule has 1 saturated heterocycles. The highest BCUT2D eigenvalue weighted by molar-refractivity contribution is 6.02. The molecule has 0 atom stereocenters. The number of halogens is 1. The number of hydrogen-bond donors (Lipinski definition) is 1. The molecule has 146 valence electrons. The lowest BCUT2D eigenvalue weighted by molar-refractivity contribution is -0.111. The van der Waals surface area contributed by atoms with Crippen LogP contribution in [-0.2, 0) is 4.79 Å². The van der Waals surface area contributed by atoms with Crippen molar-refractivity contribution >= 4 is 23.4 Å². The maximum absolute atomic E-state index is 12.9. The molecule has 2 aromatic carbocycles. The second kappa shape index (κ2) is 8.57. The molecule has 4 nitrogen and oxygen atoms in total. The summed E-state index contributed by atoms with van der Waals surface area (Å²) >= 11 is 0. The number of nitrogens with zero attached hydrogens (tertiary/aromatic N) is 2. The number of carbonyl (C=O) groups is 1. The van der Waals surface area contributed by atoms with Crippen LogP contribution in [0.2, 0.25) is 0 Å². The van der Waals surface area contributed by atoms with E-state index in [-0.39, 0.29) is 11.7 Å². The fourth-order valence-electron chi connectivity index (χ4n) is 3.56. The Balaban J connectivity index is 1.31. The molecule has 28 heavy (non-hydrogen) atoms. The number of anilines is 2. The van der Waals surface area contributed by atoms with Gasteiger partial charge < -0.3 is 10.2 Å². The molecular weight excluding hydrogens is 353 g/mol. The van der Waals surface area contributed by atoms with Crippen molar-refractivity contribution in [1.29, 1.82) is 0 Å². The molecule has 1 aliphatic heterocycles. The average molecular weight is 379 g/mol. The highest BCUT2D eigenvalue weighted by atomic mass is 19.1. The van der Waals surface area contributed by atoms with Gasteiger partial charge in [0.2, 0.25) is 5.91 Å². The Kier molecular flexibility index (Phi) is 5.72. The third-order valence-electron chi connectivity index (χ3n) is 5.36. The Morgan fingerprint density at radius 3 is 2.54 bits per heavy atom. The number of amides is 1. The first kappa shape index (κ1) is 18.7. The number of rotatable bonds is 6. The van der Waals surface area contributed by atoms with Crippen molar-refractivity contribution in [1.82, 2.24) is 4.90 Å². The average Bonchev–Trinajstić information content (AvgIpc) is 3.52. The molecule has 1 N–H and O–H groups in total. The van der Waals surface area contributed by atoms with E-state index in [4.69, 9.17) is 0 Å². The molecular formula is C23H26FN3O. The molecule has 0 spiro atoms. The Hall–Kier alpha value is -2.66. The van der Waals surface area contributed by atoms with Gasteiger partial charge in [0, 0.05) is 50.2 Å². The largest absolute Gasteiger partial charge is 0.369 e. The van der Waals surface area contributed by atoms with E-state index in [2.05, 4.69) is 21.2 Å². The highest BCUT2D eigenvalue weighted by Crippen LogP contribution is 2.30. The van der Waals surface area contributed by atoms with E-state index in [0.29, 0.717) is 0 Å². The van der Waals surface area contributed by atoms with Crippen molar-refractivity contribution in [2.45, 2.75) is 12.8 Å². The normalized spacial score (nSPS) is 17.8. The van der Waals surface area contributed by atoms with Gasteiger partial charge in [0.05, 0.1) is 0 Å². The van der Waals surface area contributed by atoms with E-state index < -0.39 is 0 Å². The van der Waals surface area contributed by atoms with E-state index in [1.54, 1.807) is 18.2 Å². The molecule has 4 rings (SSSR count). The first-order valence-corrected chi connectivity index (χ1v) is 9.98. The number of carbonyl (C=O) groups excluding carboxylic acids is 1. The van der Waals surface area contributed by atoms with Crippen LogP contribution in [0.25, 0.3) is 6.08 Å². The summed E-state index contributed by atoms with van der Waals surface area (Å²) in [6, 6.07) is 14.0. The van der Waals surface area contributed by atoms with E-state index in [1.165, 1.54) is 37.6 Å². The van der Waals surface area contributed by atoms with Crippen molar-refractivity contribution < 1.29 is 9.18 Å². The summed E-state index contributed by atoms with van der Waals surface area (Å²) in [7, 11) is 0. The van der Waals surface area contributed by atoms with Gasteiger partial charge in [-0.15, -0.1) is 0 Å². The molecule has 1 heterocycles. The molecule has 0 unspecified atom stereocenters. The molecule has 2 aliphatic rings. The van der Waals surface area contributed by atoms with E-state index >= 15 is 0 Å². The Bertz CT molecular complexity index is 837. The van der Waals surface area contributed by atoms with Gasteiger partial charge in [-0.1, -0.05) is 18.2 Å². The molecule has 1 saturated carbocycles. The van der Waals surface area contributed by atoms with Crippen LogP contribution in [0.3, 0.4) is 0 Å². The van der Waals surface area contributed by atoms with Crippen molar-refractivity contribution in [2.24, 2.45) is 5.92 Å². The second-order valence-electron chi connectivity index (χ2n) is 7.66. The van der Waals surface area contributed by atoms with Gasteiger partial charge in [-0.05, 0) is 60.7 Å². The maximum Gasteiger partial charge on any atom is 0.248 e. The topological polar surface area (TPSA) is 35.6 Å². The lowest BCUT2D eigenvalue weighted by Gasteiger charge is -2.36. The van der Waals surface area contributed by atoms with E-state index in [0.717, 1.165) is 49.0 Å². The summed E-state index contributed by atoms with van der Waals surface area (Å²) in [6.07, 6.45) is 5.95. The van der Waals surface area contributed by atoms with Gasteiger partial charge >= 0.3 is 0 Å². The van der Waals surface area contributed by atoms with Crippen LogP contribution in [0.4, 0.5) is 15.8 Å². The third-order valence-corrected chi connectivity index (χ3v) is 5.36. The Labute approximate surface area is 165 Å². The SMILES string of the molecule is O=C(C=Cc1ccc(F)cc1)Nc1cccc(N2CCN(CC3CC3)CC2)c1. The van der Waals surface area contributed by atoms with E-state index in [1.807, 2.05) is 18.2 Å². The van der Waals surface area contributed by atoms with Crippen molar-refractivity contribution in [3.63, 3.8) is 0 Å². The predicted octanol–water partition coefficient (Wildman–Crippen LogP) is 4.01. The number of piperazine rings is 1. The van der Waals surface area contributed by atoms with Crippen LogP contribution >= 0.6 is 0 Å². The molecule has 0 radical (unpaired) electrons. The summed E-state index contributed by atoms with van der Waals surface area (Å²) in [5.74, 6) is 0.454. The van der Waals surface area contributed by atoms with Gasteiger partial charge in [0.25, 0.3) is 0 Å². The molecule has 1 aliphatic carbocycles. The summed E-state index contributed by atoms with van der Waals surface area (Å²) in [5.41, 5.74) is 2.72. The first-order valence-electron chi connectivity index (χ1n) is 9.98. The maximum atomic E-state index is 12.9. The van der Waals surface area contributed by atoms with Gasteiger partial charge in [-0.2, -0.15) is 0 Å². The predicted molar refractivity (Wildman–Crippen MR) is 112 cm³/mol. The number of benzene rings is 2. The minimum absolute atomic E-state index is 0.198. The number of hydrogen-bond acceptors (Lipinski definition) is 3. The van der Waals surface area contributed by atoms with Crippen LogP contribution in [0.1, 0.15) is 18.4 Å². The fourth-order valence-corrected chi connectivity index (χ4v) is 3.56. The van der Waals surface area contributed by atoms with Gasteiger partial charge in [0.15, 0.2) is 0 Å². The van der Waals surface area contributed by atoms with Crippen molar-refractivity contribution in [2.75, 3.05) is 42.9 Å². The quantitative estimate of drug-likeness (QED) is 0.771. The molecule has 0 aromatic heterocycles. The van der Waals surface area contributed by atoms with Gasteiger partial charge in [-0.3, -0.25) is 9.69 Å². The van der Waals surface area contributed by atoms with Crippen LogP contribution in [-0.4, -0.2) is 43.5 Å². The van der Waals surface area contributed by atoms with Gasteiger partial charge in [0.1, 0.15) is 5.82 Å². The molecule has 1 amide bonds. The summed E-state index contributed by atoms with van der Waals surface area (Å²) in [4.78, 5) is 17.2. The lowest BCUT2D eigenvalue weighted by Crippen LogP contribution is -2.47. The Morgan fingerprint density at radius 1 is 1.07 bits per heavy atom. The minimum Gasteiger partial charge on any atom is -0.369 e. The van der Waals surface area contributed by atoms with Crippen LogP contribution in [0.5, 0.6) is 0 Å². The first-order chi connectivity index (χ1) is 13.7. The zero-order valence-corrected chi connectivity index (χ0v) is 16.0. The fraction of sp³-hybridized carbons (Fsp3) is 0.348. The summed E-state index contributed by atoms with van der Waals surface area (Å²) < 4.78 is 12.9. The summed E-state index contributed by atoms with van der Waals surface area (Å²) in [6.45, 7) is 5.51. The zero-order valence-electron chi connectivity index (χ0n) is 16.0. The lowest BCUT2D eigenvalue weighted by atomic mass is 10.2. The summed E-state index contributed by atoms with van der Waals surface area (Å²) in [5, 5.41) is 2.91. The van der Waals surface area contributed by atoms with Crippen LogP contribution < -0.4 is 10.2 Å². The van der Waals surface area contributed by atoms with Crippen molar-refractivity contribution in [3.05, 3.63) is 66.0 Å². The van der Waals surface area contributed by atoms with Crippen LogP contribution in [0, 0.1) is 11.7 Å². The Morgan fingerprint density at radius 2 is 1.82 bits per heavy atom. The molecule has 2 fully saturated rings.